The van der Waals surface area contributed by atoms with Gasteiger partial charge < -0.3 is 24.1 Å². The van der Waals surface area contributed by atoms with Crippen molar-refractivity contribution < 1.29 is 24.1 Å². The zero-order valence-corrected chi connectivity index (χ0v) is 23.5. The molecule has 2 aromatic heterocycles. The van der Waals surface area contributed by atoms with Gasteiger partial charge in [0.25, 0.3) is 0 Å². The van der Waals surface area contributed by atoms with Gasteiger partial charge in [-0.2, -0.15) is 0 Å². The zero-order valence-electron chi connectivity index (χ0n) is 22.7. The number of benzene rings is 3. The summed E-state index contributed by atoms with van der Waals surface area (Å²) in [4.78, 5) is 23.7. The fourth-order valence-electron chi connectivity index (χ4n) is 6.10. The van der Waals surface area contributed by atoms with Crippen molar-refractivity contribution in [2.24, 2.45) is 0 Å². The first kappa shape index (κ1) is 27.0. The van der Waals surface area contributed by atoms with Crippen molar-refractivity contribution in [2.75, 3.05) is 19.8 Å². The van der Waals surface area contributed by atoms with Crippen LogP contribution in [-0.2, 0) is 30.8 Å². The largest absolute Gasteiger partial charge is 0.478 e. The highest BCUT2D eigenvalue weighted by atomic mass is 35.5. The van der Waals surface area contributed by atoms with Crippen LogP contribution in [0.5, 0.6) is 0 Å². The Morgan fingerprint density at radius 3 is 2.67 bits per heavy atom. The number of nitrogens with zero attached hydrogens (tertiary/aromatic N) is 5. The summed E-state index contributed by atoms with van der Waals surface area (Å²) in [7, 11) is 0. The molecule has 2 atom stereocenters. The molecule has 1 saturated heterocycles. The molecule has 2 aliphatic rings. The van der Waals surface area contributed by atoms with E-state index in [0.717, 1.165) is 45.7 Å². The third kappa shape index (κ3) is 4.74. The Morgan fingerprint density at radius 1 is 1.07 bits per heavy atom. The van der Waals surface area contributed by atoms with Gasteiger partial charge in [-0.1, -0.05) is 29.8 Å². The third-order valence-corrected chi connectivity index (χ3v) is 8.64. The van der Waals surface area contributed by atoms with Crippen LogP contribution in [0.1, 0.15) is 45.6 Å². The summed E-state index contributed by atoms with van der Waals surface area (Å²) in [5, 5.41) is 20.5. The minimum atomic E-state index is -0.987. The van der Waals surface area contributed by atoms with Crippen LogP contribution in [0.15, 0.2) is 54.6 Å². The SMILES string of the molecule is O=C(O)c1ccc2nc(CN3CCn4c(nc5c(Cc6ccc(Cl)cc6F)cccc54)[C@H]3CO)n(C[C@@H]3CCO3)c2c1. The average Bonchev–Trinajstić information content (AvgIpc) is 3.50. The number of carbonyl (C=O) groups is 1. The number of aromatic carboxylic acids is 1. The standard InChI is InChI=1S/C31H29ClFN5O4/c32-21-6-4-18(23(33)14-21)12-19-2-1-3-25-29(19)35-30-27(17-39)36(9-10-37(25)30)16-28-34-24-7-5-20(31(40)41)13-26(24)38(28)15-22-8-11-42-22/h1-7,13-14,22,27,39H,8-12,15-17H2,(H,40,41)/t22-,27+/m0/s1. The molecule has 4 heterocycles. The fraction of sp³-hybridized carbons (Fsp3) is 0.323. The van der Waals surface area contributed by atoms with Gasteiger partial charge in [-0.25, -0.2) is 19.2 Å². The van der Waals surface area contributed by atoms with E-state index in [-0.39, 0.29) is 30.1 Å². The van der Waals surface area contributed by atoms with Crippen molar-refractivity contribution >= 4 is 39.6 Å². The number of aromatic nitrogens is 4. The number of aliphatic hydroxyl groups is 1. The van der Waals surface area contributed by atoms with E-state index >= 15 is 0 Å². The lowest BCUT2D eigenvalue weighted by Gasteiger charge is -2.35. The number of hydrogen-bond donors (Lipinski definition) is 2. The molecule has 7 rings (SSSR count). The minimum absolute atomic E-state index is 0.0534. The van der Waals surface area contributed by atoms with Crippen LogP contribution in [0.2, 0.25) is 5.02 Å². The Kier molecular flexibility index (Phi) is 6.94. The van der Waals surface area contributed by atoms with E-state index in [4.69, 9.17) is 26.3 Å². The number of ether oxygens (including phenoxy) is 1. The number of halogens is 2. The Morgan fingerprint density at radius 2 is 1.93 bits per heavy atom. The van der Waals surface area contributed by atoms with Crippen LogP contribution in [0.25, 0.3) is 22.1 Å². The van der Waals surface area contributed by atoms with E-state index in [0.29, 0.717) is 49.8 Å². The maximum absolute atomic E-state index is 14.6. The predicted molar refractivity (Wildman–Crippen MR) is 155 cm³/mol. The number of rotatable bonds is 8. The second-order valence-corrected chi connectivity index (χ2v) is 11.4. The molecular formula is C31H29ClFN5O4. The third-order valence-electron chi connectivity index (χ3n) is 8.41. The molecule has 0 saturated carbocycles. The number of imidazole rings is 2. The predicted octanol–water partition coefficient (Wildman–Crippen LogP) is 4.81. The highest BCUT2D eigenvalue weighted by Crippen LogP contribution is 2.33. The van der Waals surface area contributed by atoms with Crippen LogP contribution in [0, 0.1) is 5.82 Å². The smallest absolute Gasteiger partial charge is 0.335 e. The van der Waals surface area contributed by atoms with Gasteiger partial charge in [-0.3, -0.25) is 4.90 Å². The fourth-order valence-corrected chi connectivity index (χ4v) is 6.26. The molecule has 0 unspecified atom stereocenters. The molecule has 0 aliphatic carbocycles. The average molecular weight is 590 g/mol. The van der Waals surface area contributed by atoms with Crippen LogP contribution in [-0.4, -0.2) is 66.0 Å². The van der Waals surface area contributed by atoms with Crippen molar-refractivity contribution in [1.82, 2.24) is 24.0 Å². The van der Waals surface area contributed by atoms with E-state index < -0.39 is 5.97 Å². The van der Waals surface area contributed by atoms with Crippen molar-refractivity contribution in [3.8, 4) is 0 Å². The van der Waals surface area contributed by atoms with Crippen LogP contribution >= 0.6 is 11.6 Å². The van der Waals surface area contributed by atoms with E-state index in [2.05, 4.69) is 14.0 Å². The molecular weight excluding hydrogens is 561 g/mol. The number of hydrogen-bond acceptors (Lipinski definition) is 6. The van der Waals surface area contributed by atoms with Crippen molar-refractivity contribution in [3.05, 3.63) is 93.8 Å². The topological polar surface area (TPSA) is 106 Å². The summed E-state index contributed by atoms with van der Waals surface area (Å²) in [5.74, 6) is 0.193. The molecule has 1 fully saturated rings. The molecule has 5 aromatic rings. The number of carboxylic acid groups (broad SMARTS) is 1. The number of carboxylic acids is 1. The Bertz CT molecular complexity index is 1830. The molecule has 0 bridgehead atoms. The maximum Gasteiger partial charge on any atom is 0.335 e. The Balaban J connectivity index is 1.23. The summed E-state index contributed by atoms with van der Waals surface area (Å²) in [5.41, 5.74) is 4.86. The number of para-hydroxylation sites is 1. The second kappa shape index (κ2) is 10.8. The van der Waals surface area contributed by atoms with Crippen LogP contribution in [0.4, 0.5) is 4.39 Å². The quantitative estimate of drug-likeness (QED) is 0.268. The van der Waals surface area contributed by atoms with E-state index in [1.807, 2.05) is 18.2 Å². The zero-order chi connectivity index (χ0) is 29.0. The Labute approximate surface area is 245 Å². The minimum Gasteiger partial charge on any atom is -0.478 e. The molecule has 2 N–H and O–H groups in total. The molecule has 0 radical (unpaired) electrons. The first-order valence-electron chi connectivity index (χ1n) is 14.0. The van der Waals surface area contributed by atoms with Gasteiger partial charge in [0.1, 0.15) is 17.5 Å². The van der Waals surface area contributed by atoms with Gasteiger partial charge in [0, 0.05) is 31.1 Å². The van der Waals surface area contributed by atoms with Crippen LogP contribution < -0.4 is 0 Å². The molecule has 11 heteroatoms. The lowest BCUT2D eigenvalue weighted by atomic mass is 10.0. The van der Waals surface area contributed by atoms with E-state index in [1.54, 1.807) is 30.3 Å². The lowest BCUT2D eigenvalue weighted by Crippen LogP contribution is -2.40. The molecule has 2 aliphatic heterocycles. The van der Waals surface area contributed by atoms with Crippen molar-refractivity contribution in [2.45, 2.75) is 44.6 Å². The van der Waals surface area contributed by atoms with Gasteiger partial charge in [0.15, 0.2) is 0 Å². The highest BCUT2D eigenvalue weighted by molar-refractivity contribution is 6.30. The van der Waals surface area contributed by atoms with Gasteiger partial charge >= 0.3 is 5.97 Å². The maximum atomic E-state index is 14.6. The number of aliphatic hydroxyl groups excluding tert-OH is 1. The molecule has 0 amide bonds. The number of fused-ring (bicyclic) bond motifs is 4. The first-order chi connectivity index (χ1) is 20.4. The molecule has 216 valence electrons. The summed E-state index contributed by atoms with van der Waals surface area (Å²) in [6, 6.07) is 15.2. The Hall–Kier alpha value is -3.83. The summed E-state index contributed by atoms with van der Waals surface area (Å²) < 4.78 is 24.5. The van der Waals surface area contributed by atoms with Crippen molar-refractivity contribution in [1.29, 1.82) is 0 Å². The monoisotopic (exact) mass is 589 g/mol. The van der Waals surface area contributed by atoms with Gasteiger partial charge in [-0.05, 0) is 53.9 Å². The first-order valence-corrected chi connectivity index (χ1v) is 14.4. The van der Waals surface area contributed by atoms with Gasteiger partial charge in [0.2, 0.25) is 0 Å². The van der Waals surface area contributed by atoms with E-state index in [9.17, 15) is 19.4 Å². The molecule has 0 spiro atoms. The molecule has 42 heavy (non-hydrogen) atoms. The van der Waals surface area contributed by atoms with Crippen molar-refractivity contribution in [3.63, 3.8) is 0 Å². The summed E-state index contributed by atoms with van der Waals surface area (Å²) >= 11 is 5.95. The summed E-state index contributed by atoms with van der Waals surface area (Å²) in [6.07, 6.45) is 1.36. The second-order valence-electron chi connectivity index (χ2n) is 10.9. The molecule has 9 nitrogen and oxygen atoms in total. The van der Waals surface area contributed by atoms with Gasteiger partial charge in [0.05, 0.1) is 59.5 Å². The normalized spacial score (nSPS) is 18.8. The van der Waals surface area contributed by atoms with Gasteiger partial charge in [-0.15, -0.1) is 0 Å². The summed E-state index contributed by atoms with van der Waals surface area (Å²) in [6.45, 7) is 2.92. The molecule has 3 aromatic carbocycles. The van der Waals surface area contributed by atoms with E-state index in [1.165, 1.54) is 6.07 Å². The van der Waals surface area contributed by atoms with Crippen LogP contribution in [0.3, 0.4) is 0 Å². The lowest BCUT2D eigenvalue weighted by molar-refractivity contribution is -0.0593. The highest BCUT2D eigenvalue weighted by Gasteiger charge is 2.32.